The Balaban J connectivity index is 2.50. The Labute approximate surface area is 99.5 Å². The molecule has 0 amide bonds. The summed E-state index contributed by atoms with van der Waals surface area (Å²) in [5, 5.41) is 0. The Bertz CT molecular complexity index is 340. The standard InChI is InChI=1S/C9H15ClO5S/c1-2-14-9(11)8-5-3-4-7(15-8)6-16(10,12)13/h7-8H,2-6H2,1H3/t7-,8-/m0/s1. The zero-order valence-electron chi connectivity index (χ0n) is 9.02. The topological polar surface area (TPSA) is 69.7 Å². The summed E-state index contributed by atoms with van der Waals surface area (Å²) in [6, 6.07) is 0. The maximum Gasteiger partial charge on any atom is 0.335 e. The third-order valence-corrected chi connectivity index (χ3v) is 3.43. The number of halogens is 1. The highest BCUT2D eigenvalue weighted by molar-refractivity contribution is 8.13. The number of hydrogen-bond donors (Lipinski definition) is 0. The van der Waals surface area contributed by atoms with Crippen LogP contribution >= 0.6 is 10.7 Å². The first-order chi connectivity index (χ1) is 7.42. The number of carbonyl (C=O) groups is 1. The van der Waals surface area contributed by atoms with Crippen LogP contribution in [0.1, 0.15) is 26.2 Å². The van der Waals surface area contributed by atoms with E-state index in [9.17, 15) is 13.2 Å². The molecule has 94 valence electrons. The van der Waals surface area contributed by atoms with Gasteiger partial charge in [0, 0.05) is 10.7 Å². The summed E-state index contributed by atoms with van der Waals surface area (Å²) in [4.78, 5) is 11.4. The first-order valence-corrected chi connectivity index (χ1v) is 7.64. The highest BCUT2D eigenvalue weighted by atomic mass is 35.7. The highest BCUT2D eigenvalue weighted by Crippen LogP contribution is 2.22. The second-order valence-electron chi connectivity index (χ2n) is 3.64. The molecule has 2 atom stereocenters. The molecule has 0 aromatic heterocycles. The van der Waals surface area contributed by atoms with Crippen molar-refractivity contribution in [3.63, 3.8) is 0 Å². The number of carbonyl (C=O) groups excluding carboxylic acids is 1. The van der Waals surface area contributed by atoms with Crippen LogP contribution in [0.4, 0.5) is 0 Å². The van der Waals surface area contributed by atoms with Crippen LogP contribution in [0.25, 0.3) is 0 Å². The Kier molecular flexibility index (Phi) is 5.01. The average molecular weight is 271 g/mol. The van der Waals surface area contributed by atoms with E-state index in [2.05, 4.69) is 0 Å². The first-order valence-electron chi connectivity index (χ1n) is 5.17. The molecule has 0 N–H and O–H groups in total. The molecule has 0 aromatic rings. The second-order valence-corrected chi connectivity index (χ2v) is 6.46. The van der Waals surface area contributed by atoms with Gasteiger partial charge in [-0.15, -0.1) is 0 Å². The zero-order valence-corrected chi connectivity index (χ0v) is 10.6. The monoisotopic (exact) mass is 270 g/mol. The van der Waals surface area contributed by atoms with E-state index in [1.807, 2.05) is 0 Å². The summed E-state index contributed by atoms with van der Waals surface area (Å²) in [6.45, 7) is 2.00. The van der Waals surface area contributed by atoms with Crippen LogP contribution in [0, 0.1) is 0 Å². The normalized spacial score (nSPS) is 26.4. The van der Waals surface area contributed by atoms with Gasteiger partial charge >= 0.3 is 5.97 Å². The van der Waals surface area contributed by atoms with Crippen LogP contribution in [0.3, 0.4) is 0 Å². The van der Waals surface area contributed by atoms with Crippen molar-refractivity contribution in [2.45, 2.75) is 38.4 Å². The maximum absolute atomic E-state index is 11.4. The van der Waals surface area contributed by atoms with Crippen molar-refractivity contribution in [2.75, 3.05) is 12.4 Å². The van der Waals surface area contributed by atoms with Gasteiger partial charge in [0.05, 0.1) is 18.5 Å². The highest BCUT2D eigenvalue weighted by Gasteiger charge is 2.30. The molecule has 1 aliphatic heterocycles. The largest absolute Gasteiger partial charge is 0.464 e. The van der Waals surface area contributed by atoms with Gasteiger partial charge in [-0.05, 0) is 26.2 Å². The van der Waals surface area contributed by atoms with Crippen LogP contribution in [0.5, 0.6) is 0 Å². The fraction of sp³-hybridized carbons (Fsp3) is 0.889. The van der Waals surface area contributed by atoms with Gasteiger partial charge in [0.25, 0.3) is 0 Å². The van der Waals surface area contributed by atoms with E-state index in [1.165, 1.54) is 0 Å². The van der Waals surface area contributed by atoms with Gasteiger partial charge in [0.2, 0.25) is 9.05 Å². The Morgan fingerprint density at radius 3 is 2.75 bits per heavy atom. The van der Waals surface area contributed by atoms with Crippen LogP contribution in [-0.4, -0.2) is 39.0 Å². The van der Waals surface area contributed by atoms with Crippen molar-refractivity contribution in [3.8, 4) is 0 Å². The SMILES string of the molecule is CCOC(=O)[C@@H]1CCC[C@@H](CS(=O)(=O)Cl)O1. The molecule has 1 saturated heterocycles. The lowest BCUT2D eigenvalue weighted by atomic mass is 10.1. The van der Waals surface area contributed by atoms with Gasteiger partial charge < -0.3 is 9.47 Å². The summed E-state index contributed by atoms with van der Waals surface area (Å²) in [5.41, 5.74) is 0. The van der Waals surface area contributed by atoms with Crippen molar-refractivity contribution >= 4 is 25.7 Å². The molecule has 1 aliphatic rings. The Morgan fingerprint density at radius 1 is 1.50 bits per heavy atom. The third kappa shape index (κ3) is 4.67. The Morgan fingerprint density at radius 2 is 2.19 bits per heavy atom. The molecular formula is C9H15ClO5S. The molecule has 0 aromatic carbocycles. The van der Waals surface area contributed by atoms with E-state index in [0.717, 1.165) is 6.42 Å². The van der Waals surface area contributed by atoms with Crippen molar-refractivity contribution in [1.82, 2.24) is 0 Å². The number of ether oxygens (including phenoxy) is 2. The molecule has 7 heteroatoms. The van der Waals surface area contributed by atoms with Crippen molar-refractivity contribution < 1.29 is 22.7 Å². The Hall–Kier alpha value is -0.330. The van der Waals surface area contributed by atoms with Crippen LogP contribution < -0.4 is 0 Å². The quantitative estimate of drug-likeness (QED) is 0.564. The van der Waals surface area contributed by atoms with Crippen molar-refractivity contribution in [1.29, 1.82) is 0 Å². The molecule has 1 fully saturated rings. The molecule has 16 heavy (non-hydrogen) atoms. The maximum atomic E-state index is 11.4. The lowest BCUT2D eigenvalue weighted by Gasteiger charge is -2.27. The zero-order chi connectivity index (χ0) is 12.2. The van der Waals surface area contributed by atoms with Gasteiger partial charge in [-0.3, -0.25) is 0 Å². The molecule has 0 aliphatic carbocycles. The van der Waals surface area contributed by atoms with E-state index in [1.54, 1.807) is 6.92 Å². The summed E-state index contributed by atoms with van der Waals surface area (Å²) in [5.74, 6) is -0.691. The molecule has 0 unspecified atom stereocenters. The summed E-state index contributed by atoms with van der Waals surface area (Å²) in [7, 11) is 1.54. The fourth-order valence-electron chi connectivity index (χ4n) is 1.65. The summed E-state index contributed by atoms with van der Waals surface area (Å²) in [6.07, 6.45) is 0.739. The minimum absolute atomic E-state index is 0.259. The minimum atomic E-state index is -3.59. The first kappa shape index (κ1) is 13.7. The van der Waals surface area contributed by atoms with Crippen LogP contribution in [0.2, 0.25) is 0 Å². The average Bonchev–Trinajstić information content (AvgIpc) is 2.16. The summed E-state index contributed by atoms with van der Waals surface area (Å²) >= 11 is 0. The van der Waals surface area contributed by atoms with E-state index >= 15 is 0 Å². The smallest absolute Gasteiger partial charge is 0.335 e. The van der Waals surface area contributed by atoms with E-state index in [4.69, 9.17) is 20.2 Å². The lowest BCUT2D eigenvalue weighted by molar-refractivity contribution is -0.164. The van der Waals surface area contributed by atoms with Gasteiger partial charge in [0.1, 0.15) is 0 Å². The molecule has 1 heterocycles. The van der Waals surface area contributed by atoms with E-state index < -0.39 is 27.2 Å². The van der Waals surface area contributed by atoms with Crippen LogP contribution in [-0.2, 0) is 23.3 Å². The molecule has 0 radical (unpaired) electrons. The predicted octanol–water partition coefficient (Wildman–Crippen LogP) is 1.06. The number of esters is 1. The van der Waals surface area contributed by atoms with Gasteiger partial charge in [0.15, 0.2) is 6.10 Å². The fourth-order valence-corrected chi connectivity index (χ4v) is 2.76. The van der Waals surface area contributed by atoms with Gasteiger partial charge in [-0.1, -0.05) is 0 Å². The molecule has 1 rings (SSSR count). The molecule has 0 saturated carbocycles. The van der Waals surface area contributed by atoms with Crippen molar-refractivity contribution in [2.24, 2.45) is 0 Å². The predicted molar refractivity (Wildman–Crippen MR) is 58.8 cm³/mol. The molecular weight excluding hydrogens is 256 g/mol. The number of rotatable bonds is 4. The van der Waals surface area contributed by atoms with E-state index in [-0.39, 0.29) is 12.4 Å². The second kappa shape index (κ2) is 5.84. The molecule has 0 spiro atoms. The summed E-state index contributed by atoms with van der Waals surface area (Å²) < 4.78 is 31.9. The minimum Gasteiger partial charge on any atom is -0.464 e. The number of hydrogen-bond acceptors (Lipinski definition) is 5. The molecule has 0 bridgehead atoms. The molecule has 5 nitrogen and oxygen atoms in total. The van der Waals surface area contributed by atoms with E-state index in [0.29, 0.717) is 12.8 Å². The third-order valence-electron chi connectivity index (χ3n) is 2.28. The van der Waals surface area contributed by atoms with Gasteiger partial charge in [-0.2, -0.15) is 0 Å². The van der Waals surface area contributed by atoms with Gasteiger partial charge in [-0.25, -0.2) is 13.2 Å². The van der Waals surface area contributed by atoms with Crippen molar-refractivity contribution in [3.05, 3.63) is 0 Å². The lowest BCUT2D eigenvalue weighted by Crippen LogP contribution is -2.37. The van der Waals surface area contributed by atoms with Crippen LogP contribution in [0.15, 0.2) is 0 Å².